The van der Waals surface area contributed by atoms with Crippen molar-refractivity contribution in [2.24, 2.45) is 11.1 Å². The van der Waals surface area contributed by atoms with Crippen molar-refractivity contribution in [2.75, 3.05) is 0 Å². The largest absolute Gasteiger partial charge is 0.489 e. The highest BCUT2D eigenvalue weighted by Crippen LogP contribution is 2.38. The van der Waals surface area contributed by atoms with Crippen molar-refractivity contribution in [3.63, 3.8) is 0 Å². The minimum atomic E-state index is -0.580. The van der Waals surface area contributed by atoms with Crippen molar-refractivity contribution in [1.29, 1.82) is 0 Å². The van der Waals surface area contributed by atoms with Gasteiger partial charge in [0, 0.05) is 11.6 Å². The third-order valence-corrected chi connectivity index (χ3v) is 4.83. The Morgan fingerprint density at radius 1 is 1.04 bits per heavy atom. The molecule has 126 valence electrons. The van der Waals surface area contributed by atoms with Crippen LogP contribution in [0.3, 0.4) is 0 Å². The van der Waals surface area contributed by atoms with Gasteiger partial charge in [0.2, 0.25) is 0 Å². The fourth-order valence-corrected chi connectivity index (χ4v) is 3.59. The summed E-state index contributed by atoms with van der Waals surface area (Å²) in [6, 6.07) is 14.9. The average Bonchev–Trinajstić information content (AvgIpc) is 3.16. The number of ether oxygens (including phenoxy) is 1. The predicted molar refractivity (Wildman–Crippen MR) is 95.7 cm³/mol. The summed E-state index contributed by atoms with van der Waals surface area (Å²) < 4.78 is 5.79. The molecule has 0 aromatic heterocycles. The van der Waals surface area contributed by atoms with E-state index in [0.29, 0.717) is 33.7 Å². The first-order chi connectivity index (χ1) is 12.1. The summed E-state index contributed by atoms with van der Waals surface area (Å²) in [5.74, 6) is -0.232. The van der Waals surface area contributed by atoms with E-state index in [0.717, 1.165) is 5.56 Å². The lowest BCUT2D eigenvalue weighted by Crippen LogP contribution is -2.27. The molecule has 1 heterocycles. The van der Waals surface area contributed by atoms with Crippen LogP contribution in [0.4, 0.5) is 0 Å². The molecule has 1 aliphatic carbocycles. The smallest absolute Gasteiger partial charge is 0.199 e. The summed E-state index contributed by atoms with van der Waals surface area (Å²) in [4.78, 5) is 18.0. The van der Waals surface area contributed by atoms with Gasteiger partial charge in [0.1, 0.15) is 24.0 Å². The number of ketones is 1. The molecule has 0 saturated heterocycles. The molecule has 0 N–H and O–H groups in total. The zero-order chi connectivity index (χ0) is 17.4. The summed E-state index contributed by atoms with van der Waals surface area (Å²) in [7, 11) is 0. The molecule has 0 bridgehead atoms. The Morgan fingerprint density at radius 2 is 1.76 bits per heavy atom. The molecule has 1 aliphatic heterocycles. The summed E-state index contributed by atoms with van der Waals surface area (Å²) in [5, 5.41) is 4.94. The monoisotopic (exact) mass is 373 g/mol. The minimum absolute atomic E-state index is 0.125. The van der Waals surface area contributed by atoms with E-state index in [2.05, 4.69) is 5.16 Å². The predicted octanol–water partition coefficient (Wildman–Crippen LogP) is 4.40. The quantitative estimate of drug-likeness (QED) is 0.797. The second-order valence-corrected chi connectivity index (χ2v) is 6.61. The van der Waals surface area contributed by atoms with E-state index >= 15 is 0 Å². The van der Waals surface area contributed by atoms with Crippen LogP contribution in [0.5, 0.6) is 0 Å². The van der Waals surface area contributed by atoms with Crippen LogP contribution in [-0.2, 0) is 21.0 Å². The third kappa shape index (κ3) is 2.92. The zero-order valence-corrected chi connectivity index (χ0v) is 14.5. The van der Waals surface area contributed by atoms with Gasteiger partial charge in [0.05, 0.1) is 10.0 Å². The second kappa shape index (κ2) is 6.54. The molecule has 2 aromatic rings. The summed E-state index contributed by atoms with van der Waals surface area (Å²) in [6.07, 6.45) is 0.899. The molecule has 2 aromatic carbocycles. The molecule has 0 spiro atoms. The first-order valence-corrected chi connectivity index (χ1v) is 8.51. The van der Waals surface area contributed by atoms with Crippen molar-refractivity contribution in [3.8, 4) is 0 Å². The van der Waals surface area contributed by atoms with Crippen molar-refractivity contribution in [3.05, 3.63) is 81.5 Å². The number of halogens is 2. The second-order valence-electron chi connectivity index (χ2n) is 5.80. The number of fused-ring (bicyclic) bond motifs is 1. The van der Waals surface area contributed by atoms with E-state index in [4.69, 9.17) is 32.8 Å². The first-order valence-electron chi connectivity index (χ1n) is 7.75. The van der Waals surface area contributed by atoms with Gasteiger partial charge in [-0.15, -0.1) is 0 Å². The lowest BCUT2D eigenvalue weighted by atomic mass is 9.92. The van der Waals surface area contributed by atoms with Crippen molar-refractivity contribution >= 4 is 34.7 Å². The van der Waals surface area contributed by atoms with Crippen LogP contribution in [0.25, 0.3) is 0 Å². The van der Waals surface area contributed by atoms with E-state index in [1.54, 1.807) is 18.2 Å². The van der Waals surface area contributed by atoms with E-state index < -0.39 is 12.0 Å². The molecule has 0 saturated carbocycles. The molecular weight excluding hydrogens is 361 g/mol. The van der Waals surface area contributed by atoms with Gasteiger partial charge >= 0.3 is 0 Å². The van der Waals surface area contributed by atoms with Gasteiger partial charge in [-0.25, -0.2) is 0 Å². The SMILES string of the molecule is O=C1C=C(OCc2ccccc2)C2ON=C(c3c(Cl)cccc3Cl)C12. The van der Waals surface area contributed by atoms with Gasteiger partial charge in [0.15, 0.2) is 11.9 Å². The molecule has 2 aliphatic rings. The van der Waals surface area contributed by atoms with Gasteiger partial charge in [-0.3, -0.25) is 4.79 Å². The number of allylic oxidation sites excluding steroid dienone is 1. The number of hydrogen-bond donors (Lipinski definition) is 0. The van der Waals surface area contributed by atoms with Crippen LogP contribution >= 0.6 is 23.2 Å². The van der Waals surface area contributed by atoms with Gasteiger partial charge < -0.3 is 9.57 Å². The fourth-order valence-electron chi connectivity index (χ4n) is 3.00. The number of carbonyl (C=O) groups is 1. The summed E-state index contributed by atoms with van der Waals surface area (Å²) >= 11 is 12.5. The molecule has 2 atom stereocenters. The maximum absolute atomic E-state index is 12.5. The van der Waals surface area contributed by atoms with Crippen molar-refractivity contribution in [1.82, 2.24) is 0 Å². The maximum atomic E-state index is 12.5. The number of rotatable bonds is 4. The standard InChI is InChI=1S/C19H13Cl2NO3/c20-12-7-4-8-13(21)16(12)18-17-14(23)9-15(19(17)25-22-18)24-10-11-5-2-1-3-6-11/h1-9,17,19H,10H2. The minimum Gasteiger partial charge on any atom is -0.489 e. The zero-order valence-electron chi connectivity index (χ0n) is 13.0. The summed E-state index contributed by atoms with van der Waals surface area (Å²) in [6.45, 7) is 0.356. The highest BCUT2D eigenvalue weighted by molar-refractivity contribution is 6.41. The number of oxime groups is 1. The average molecular weight is 374 g/mol. The third-order valence-electron chi connectivity index (χ3n) is 4.20. The lowest BCUT2D eigenvalue weighted by molar-refractivity contribution is -0.117. The number of benzene rings is 2. The molecule has 4 rings (SSSR count). The summed E-state index contributed by atoms with van der Waals surface area (Å²) in [5.41, 5.74) is 1.98. The van der Waals surface area contributed by atoms with Crippen molar-refractivity contribution < 1.29 is 14.4 Å². The number of carbonyl (C=O) groups excluding carboxylic acids is 1. The van der Waals surface area contributed by atoms with Crippen LogP contribution in [0, 0.1) is 5.92 Å². The molecule has 0 amide bonds. The van der Waals surface area contributed by atoms with Gasteiger partial charge in [0.25, 0.3) is 0 Å². The van der Waals surface area contributed by atoms with Crippen LogP contribution in [0.15, 0.2) is 65.5 Å². The highest BCUT2D eigenvalue weighted by Gasteiger charge is 2.48. The van der Waals surface area contributed by atoms with E-state index in [1.807, 2.05) is 30.3 Å². The van der Waals surface area contributed by atoms with Gasteiger partial charge in [-0.05, 0) is 17.7 Å². The number of hydrogen-bond acceptors (Lipinski definition) is 4. The molecule has 2 unspecified atom stereocenters. The van der Waals surface area contributed by atoms with Crippen LogP contribution in [-0.4, -0.2) is 17.6 Å². The molecule has 4 nitrogen and oxygen atoms in total. The van der Waals surface area contributed by atoms with E-state index in [9.17, 15) is 4.79 Å². The Hall–Kier alpha value is -2.30. The van der Waals surface area contributed by atoms with Gasteiger partial charge in [-0.1, -0.05) is 64.8 Å². The topological polar surface area (TPSA) is 47.9 Å². The van der Waals surface area contributed by atoms with Crippen LogP contribution in [0.2, 0.25) is 10.0 Å². The molecule has 6 heteroatoms. The Morgan fingerprint density at radius 3 is 2.48 bits per heavy atom. The Labute approximate surface area is 154 Å². The van der Waals surface area contributed by atoms with Gasteiger partial charge in [-0.2, -0.15) is 0 Å². The molecule has 0 radical (unpaired) electrons. The van der Waals surface area contributed by atoms with E-state index in [-0.39, 0.29) is 5.78 Å². The van der Waals surface area contributed by atoms with E-state index in [1.165, 1.54) is 6.08 Å². The normalized spacial score (nSPS) is 21.4. The Balaban J connectivity index is 1.55. The Kier molecular flexibility index (Phi) is 4.24. The lowest BCUT2D eigenvalue weighted by Gasteiger charge is -2.14. The van der Waals surface area contributed by atoms with Crippen molar-refractivity contribution in [2.45, 2.75) is 12.7 Å². The first kappa shape index (κ1) is 16.2. The fraction of sp³-hybridized carbons (Fsp3) is 0.158. The molecule has 0 fully saturated rings. The van der Waals surface area contributed by atoms with Crippen LogP contribution < -0.4 is 0 Å². The van der Waals surface area contributed by atoms with Crippen LogP contribution in [0.1, 0.15) is 11.1 Å². The Bertz CT molecular complexity index is 873. The molecular formula is C19H13Cl2NO3. The number of nitrogens with zero attached hydrogens (tertiary/aromatic N) is 1. The molecule has 25 heavy (non-hydrogen) atoms. The maximum Gasteiger partial charge on any atom is 0.199 e. The highest BCUT2D eigenvalue weighted by atomic mass is 35.5.